The van der Waals surface area contributed by atoms with Crippen LogP contribution in [0.3, 0.4) is 0 Å². The second-order valence-corrected chi connectivity index (χ2v) is 8.35. The van der Waals surface area contributed by atoms with Crippen LogP contribution in [0.4, 0.5) is 14.8 Å². The standard InChI is InChI=1S/C21H18F2N4O4S/c1-3-11-27(12-4-2)32(29,30)16-8-5-14(6-9-16)19(28)24-21-26-25-20(31-21)17-10-7-15(22)13-18(17)23/h3-10,13H,1-2,11-12H2,(H,24,26,28). The molecule has 0 spiro atoms. The van der Waals surface area contributed by atoms with Crippen LogP contribution in [0.1, 0.15) is 10.4 Å². The third-order valence-corrected chi connectivity index (χ3v) is 6.07. The van der Waals surface area contributed by atoms with E-state index in [1.54, 1.807) is 0 Å². The molecule has 32 heavy (non-hydrogen) atoms. The van der Waals surface area contributed by atoms with Crippen molar-refractivity contribution in [3.8, 4) is 11.5 Å². The van der Waals surface area contributed by atoms with E-state index in [1.807, 2.05) is 0 Å². The minimum absolute atomic E-state index is 0.00962. The highest BCUT2D eigenvalue weighted by molar-refractivity contribution is 7.89. The second-order valence-electron chi connectivity index (χ2n) is 6.41. The highest BCUT2D eigenvalue weighted by Gasteiger charge is 2.23. The van der Waals surface area contributed by atoms with Crippen molar-refractivity contribution >= 4 is 21.9 Å². The smallest absolute Gasteiger partial charge is 0.322 e. The van der Waals surface area contributed by atoms with Crippen molar-refractivity contribution in [2.24, 2.45) is 0 Å². The number of aromatic nitrogens is 2. The average Bonchev–Trinajstić information content (AvgIpc) is 3.21. The Kier molecular flexibility index (Phi) is 6.91. The number of amides is 1. The number of carbonyl (C=O) groups is 1. The minimum Gasteiger partial charge on any atom is -0.403 e. The molecule has 1 N–H and O–H groups in total. The second kappa shape index (κ2) is 9.62. The zero-order chi connectivity index (χ0) is 23.3. The Morgan fingerprint density at radius 1 is 1.06 bits per heavy atom. The lowest BCUT2D eigenvalue weighted by Crippen LogP contribution is -2.31. The van der Waals surface area contributed by atoms with E-state index >= 15 is 0 Å². The molecule has 3 aromatic rings. The third kappa shape index (κ3) is 4.95. The van der Waals surface area contributed by atoms with Crippen LogP contribution in [-0.2, 0) is 10.0 Å². The molecule has 2 aromatic carbocycles. The number of nitrogens with one attached hydrogen (secondary N) is 1. The van der Waals surface area contributed by atoms with Gasteiger partial charge in [0.05, 0.1) is 10.5 Å². The predicted molar refractivity (Wildman–Crippen MR) is 113 cm³/mol. The fourth-order valence-corrected chi connectivity index (χ4v) is 4.08. The Balaban J connectivity index is 1.75. The van der Waals surface area contributed by atoms with E-state index < -0.39 is 27.6 Å². The van der Waals surface area contributed by atoms with Gasteiger partial charge in [-0.2, -0.15) is 4.31 Å². The van der Waals surface area contributed by atoms with E-state index in [0.29, 0.717) is 6.07 Å². The number of hydrogen-bond donors (Lipinski definition) is 1. The fraction of sp³-hybridized carbons (Fsp3) is 0.0952. The highest BCUT2D eigenvalue weighted by atomic mass is 32.2. The van der Waals surface area contributed by atoms with Crippen molar-refractivity contribution in [2.75, 3.05) is 18.4 Å². The van der Waals surface area contributed by atoms with Gasteiger partial charge >= 0.3 is 6.01 Å². The number of carbonyl (C=O) groups excluding carboxylic acids is 1. The first kappa shape index (κ1) is 23.0. The summed E-state index contributed by atoms with van der Waals surface area (Å²) in [5, 5.41) is 9.58. The molecule has 0 saturated heterocycles. The molecule has 0 aliphatic rings. The molecule has 1 heterocycles. The van der Waals surface area contributed by atoms with E-state index in [0.717, 1.165) is 12.1 Å². The minimum atomic E-state index is -3.81. The molecule has 0 radical (unpaired) electrons. The molecule has 8 nitrogen and oxygen atoms in total. The Morgan fingerprint density at radius 2 is 1.72 bits per heavy atom. The van der Waals surface area contributed by atoms with Gasteiger partial charge in [-0.1, -0.05) is 17.3 Å². The molecule has 0 unspecified atom stereocenters. The number of halogens is 2. The van der Waals surface area contributed by atoms with Crippen LogP contribution in [0.2, 0.25) is 0 Å². The molecule has 0 aliphatic heterocycles. The predicted octanol–water partition coefficient (Wildman–Crippen LogP) is 3.63. The Bertz CT molecular complexity index is 1250. The van der Waals surface area contributed by atoms with Gasteiger partial charge in [0.1, 0.15) is 11.6 Å². The average molecular weight is 460 g/mol. The fourth-order valence-electron chi connectivity index (χ4n) is 2.70. The van der Waals surface area contributed by atoms with Crippen LogP contribution >= 0.6 is 0 Å². The van der Waals surface area contributed by atoms with Crippen molar-refractivity contribution in [2.45, 2.75) is 4.90 Å². The first-order chi connectivity index (χ1) is 15.3. The maximum atomic E-state index is 13.8. The molecule has 0 aliphatic carbocycles. The molecule has 3 rings (SSSR count). The summed E-state index contributed by atoms with van der Waals surface area (Å²) in [5.74, 6) is -2.56. The lowest BCUT2D eigenvalue weighted by atomic mass is 10.2. The summed E-state index contributed by atoms with van der Waals surface area (Å²) in [4.78, 5) is 12.4. The number of sulfonamides is 1. The summed E-state index contributed by atoms with van der Waals surface area (Å²) < 4.78 is 58.7. The van der Waals surface area contributed by atoms with Crippen LogP contribution in [0.15, 0.2) is 77.1 Å². The van der Waals surface area contributed by atoms with Crippen molar-refractivity contribution in [1.29, 1.82) is 0 Å². The van der Waals surface area contributed by atoms with Crippen molar-refractivity contribution in [3.63, 3.8) is 0 Å². The maximum Gasteiger partial charge on any atom is 0.322 e. The van der Waals surface area contributed by atoms with Crippen LogP contribution in [0, 0.1) is 11.6 Å². The first-order valence-corrected chi connectivity index (χ1v) is 10.6. The van der Waals surface area contributed by atoms with E-state index in [4.69, 9.17) is 4.42 Å². The van der Waals surface area contributed by atoms with E-state index in [2.05, 4.69) is 28.7 Å². The molecule has 0 bridgehead atoms. The molecule has 11 heteroatoms. The van der Waals surface area contributed by atoms with Crippen molar-refractivity contribution in [1.82, 2.24) is 14.5 Å². The van der Waals surface area contributed by atoms with E-state index in [1.165, 1.54) is 40.7 Å². The summed E-state index contributed by atoms with van der Waals surface area (Å²) in [6.07, 6.45) is 2.92. The molecule has 0 saturated carbocycles. The summed E-state index contributed by atoms with van der Waals surface area (Å²) >= 11 is 0. The van der Waals surface area contributed by atoms with Gasteiger partial charge in [0, 0.05) is 24.7 Å². The summed E-state index contributed by atoms with van der Waals surface area (Å²) in [6.45, 7) is 7.30. The number of hydrogen-bond acceptors (Lipinski definition) is 6. The largest absolute Gasteiger partial charge is 0.403 e. The Morgan fingerprint density at radius 3 is 2.31 bits per heavy atom. The molecular formula is C21H18F2N4O4S. The highest BCUT2D eigenvalue weighted by Crippen LogP contribution is 2.24. The number of anilines is 1. The van der Waals surface area contributed by atoms with Crippen molar-refractivity contribution < 1.29 is 26.4 Å². The lowest BCUT2D eigenvalue weighted by molar-refractivity contribution is 0.102. The lowest BCUT2D eigenvalue weighted by Gasteiger charge is -2.19. The van der Waals surface area contributed by atoms with Gasteiger partial charge in [0.25, 0.3) is 11.8 Å². The normalized spacial score (nSPS) is 11.3. The van der Waals surface area contributed by atoms with Gasteiger partial charge in [-0.25, -0.2) is 17.2 Å². The summed E-state index contributed by atoms with van der Waals surface area (Å²) in [5.41, 5.74) is -0.00628. The van der Waals surface area contributed by atoms with Gasteiger partial charge in [0.15, 0.2) is 0 Å². The van der Waals surface area contributed by atoms with Gasteiger partial charge in [0.2, 0.25) is 10.0 Å². The summed E-state index contributed by atoms with van der Waals surface area (Å²) in [7, 11) is -3.81. The Labute approximate surface area is 182 Å². The summed E-state index contributed by atoms with van der Waals surface area (Å²) in [6, 6.07) is 7.73. The number of rotatable bonds is 9. The van der Waals surface area contributed by atoms with Gasteiger partial charge in [-0.15, -0.1) is 18.3 Å². The first-order valence-electron chi connectivity index (χ1n) is 9.18. The molecule has 166 valence electrons. The molecule has 1 aromatic heterocycles. The van der Waals surface area contributed by atoms with Crippen LogP contribution in [0.25, 0.3) is 11.5 Å². The third-order valence-electron chi connectivity index (χ3n) is 4.23. The quantitative estimate of drug-likeness (QED) is 0.489. The van der Waals surface area contributed by atoms with E-state index in [9.17, 15) is 22.0 Å². The Hall–Kier alpha value is -3.70. The van der Waals surface area contributed by atoms with Gasteiger partial charge in [-0.3, -0.25) is 10.1 Å². The molecule has 0 atom stereocenters. The zero-order valence-corrected chi connectivity index (χ0v) is 17.5. The molecule has 0 fully saturated rings. The van der Waals surface area contributed by atoms with Crippen molar-refractivity contribution in [3.05, 3.63) is 85.0 Å². The SMILES string of the molecule is C=CCN(CC=C)S(=O)(=O)c1ccc(C(=O)Nc2nnc(-c3ccc(F)cc3F)o2)cc1. The van der Waals surface area contributed by atoms with Crippen LogP contribution in [-0.4, -0.2) is 41.9 Å². The number of nitrogens with zero attached hydrogens (tertiary/aromatic N) is 3. The van der Waals surface area contributed by atoms with Crippen LogP contribution < -0.4 is 5.32 Å². The van der Waals surface area contributed by atoms with E-state index in [-0.39, 0.29) is 41.0 Å². The topological polar surface area (TPSA) is 105 Å². The van der Waals surface area contributed by atoms with Crippen LogP contribution in [0.5, 0.6) is 0 Å². The maximum absolute atomic E-state index is 13.8. The molecule has 1 amide bonds. The van der Waals surface area contributed by atoms with Gasteiger partial charge in [-0.05, 0) is 36.4 Å². The zero-order valence-electron chi connectivity index (χ0n) is 16.7. The monoisotopic (exact) mass is 460 g/mol. The number of benzene rings is 2. The molecular weight excluding hydrogens is 442 g/mol. The van der Waals surface area contributed by atoms with Gasteiger partial charge < -0.3 is 4.42 Å².